The number of nitrogens with one attached hydrogen (secondary N) is 1. The van der Waals surface area contributed by atoms with E-state index in [1.54, 1.807) is 6.92 Å². The second-order valence-electron chi connectivity index (χ2n) is 6.44. The van der Waals surface area contributed by atoms with Gasteiger partial charge in [0.05, 0.1) is 18.7 Å². The fraction of sp³-hybridized carbons (Fsp3) is 0.227. The zero-order valence-electron chi connectivity index (χ0n) is 16.1. The highest BCUT2D eigenvalue weighted by Gasteiger charge is 2.21. The summed E-state index contributed by atoms with van der Waals surface area (Å²) in [5.74, 6) is -0.605. The Morgan fingerprint density at radius 1 is 1.11 bits per heavy atom. The van der Waals surface area contributed by atoms with Crippen LogP contribution in [0.5, 0.6) is 0 Å². The predicted molar refractivity (Wildman–Crippen MR) is 112 cm³/mol. The van der Waals surface area contributed by atoms with E-state index in [1.807, 2.05) is 62.4 Å². The summed E-state index contributed by atoms with van der Waals surface area (Å²) >= 11 is 1.13. The van der Waals surface area contributed by atoms with Crippen molar-refractivity contribution in [3.63, 3.8) is 0 Å². The third-order valence-electron chi connectivity index (χ3n) is 4.24. The van der Waals surface area contributed by atoms with Gasteiger partial charge in [0, 0.05) is 5.56 Å². The minimum Gasteiger partial charge on any atom is -0.462 e. The van der Waals surface area contributed by atoms with Gasteiger partial charge in [-0.15, -0.1) is 0 Å². The number of carbonyl (C=O) groups is 2. The number of amides is 1. The number of anilines is 1. The Kier molecular flexibility index (Phi) is 6.21. The molecular weight excluding hydrogens is 372 g/mol. The molecule has 1 N–H and O–H groups in total. The second kappa shape index (κ2) is 8.80. The summed E-state index contributed by atoms with van der Waals surface area (Å²) in [7, 11) is 0. The van der Waals surface area contributed by atoms with Crippen LogP contribution < -0.4 is 5.32 Å². The first-order chi connectivity index (χ1) is 13.5. The van der Waals surface area contributed by atoms with Crippen LogP contribution in [0.15, 0.2) is 48.5 Å². The lowest BCUT2D eigenvalue weighted by molar-refractivity contribution is -0.115. The van der Waals surface area contributed by atoms with E-state index in [2.05, 4.69) is 10.3 Å². The monoisotopic (exact) mass is 394 g/mol. The average molecular weight is 394 g/mol. The lowest BCUT2D eigenvalue weighted by Crippen LogP contribution is -2.15. The van der Waals surface area contributed by atoms with E-state index in [4.69, 9.17) is 4.74 Å². The van der Waals surface area contributed by atoms with Crippen LogP contribution in [0, 0.1) is 13.8 Å². The maximum atomic E-state index is 12.5. The SMILES string of the molecule is CCOC(=O)c1sc(NC(=O)Cc2cc(C)ccc2C)nc1-c1ccccc1. The van der Waals surface area contributed by atoms with Crippen molar-refractivity contribution in [2.45, 2.75) is 27.2 Å². The zero-order chi connectivity index (χ0) is 20.1. The fourth-order valence-electron chi connectivity index (χ4n) is 2.83. The number of hydrogen-bond acceptors (Lipinski definition) is 5. The molecule has 1 amide bonds. The number of nitrogens with zero attached hydrogens (tertiary/aromatic N) is 1. The molecule has 0 saturated heterocycles. The summed E-state index contributed by atoms with van der Waals surface area (Å²) < 4.78 is 5.15. The van der Waals surface area contributed by atoms with Crippen molar-refractivity contribution in [3.8, 4) is 11.3 Å². The van der Waals surface area contributed by atoms with Crippen LogP contribution in [0.4, 0.5) is 5.13 Å². The molecule has 3 rings (SSSR count). The van der Waals surface area contributed by atoms with E-state index >= 15 is 0 Å². The molecule has 0 atom stereocenters. The number of hydrogen-bond donors (Lipinski definition) is 1. The molecule has 1 heterocycles. The van der Waals surface area contributed by atoms with Crippen LogP contribution in [0.2, 0.25) is 0 Å². The summed E-state index contributed by atoms with van der Waals surface area (Å²) in [4.78, 5) is 29.8. The molecule has 6 heteroatoms. The first-order valence-corrected chi connectivity index (χ1v) is 9.89. The Hall–Kier alpha value is -2.99. The summed E-state index contributed by atoms with van der Waals surface area (Å²) in [5.41, 5.74) is 4.47. The van der Waals surface area contributed by atoms with Gasteiger partial charge in [-0.3, -0.25) is 4.79 Å². The van der Waals surface area contributed by atoms with E-state index < -0.39 is 5.97 Å². The van der Waals surface area contributed by atoms with Crippen LogP contribution in [-0.4, -0.2) is 23.5 Å². The van der Waals surface area contributed by atoms with Crippen molar-refractivity contribution in [3.05, 3.63) is 70.1 Å². The maximum Gasteiger partial charge on any atom is 0.350 e. The molecule has 1 aromatic heterocycles. The van der Waals surface area contributed by atoms with Gasteiger partial charge >= 0.3 is 5.97 Å². The van der Waals surface area contributed by atoms with Gasteiger partial charge in [0.2, 0.25) is 5.91 Å². The highest BCUT2D eigenvalue weighted by atomic mass is 32.1. The second-order valence-corrected chi connectivity index (χ2v) is 7.44. The quantitative estimate of drug-likeness (QED) is 0.611. The van der Waals surface area contributed by atoms with Crippen LogP contribution in [0.25, 0.3) is 11.3 Å². The first-order valence-electron chi connectivity index (χ1n) is 9.07. The molecule has 0 aliphatic heterocycles. The molecule has 5 nitrogen and oxygen atoms in total. The third-order valence-corrected chi connectivity index (χ3v) is 5.19. The van der Waals surface area contributed by atoms with Crippen LogP contribution >= 0.6 is 11.3 Å². The van der Waals surface area contributed by atoms with Gasteiger partial charge in [0.25, 0.3) is 0 Å². The van der Waals surface area contributed by atoms with Gasteiger partial charge in [-0.05, 0) is 31.9 Å². The largest absolute Gasteiger partial charge is 0.462 e. The van der Waals surface area contributed by atoms with Crippen LogP contribution in [0.3, 0.4) is 0 Å². The number of thiazole rings is 1. The minimum absolute atomic E-state index is 0.169. The van der Waals surface area contributed by atoms with Crippen LogP contribution in [0.1, 0.15) is 33.3 Å². The van der Waals surface area contributed by atoms with E-state index in [-0.39, 0.29) is 18.9 Å². The molecule has 0 bridgehead atoms. The number of carbonyl (C=O) groups excluding carboxylic acids is 2. The minimum atomic E-state index is -0.436. The van der Waals surface area contributed by atoms with Crippen molar-refractivity contribution < 1.29 is 14.3 Å². The van der Waals surface area contributed by atoms with Gasteiger partial charge in [0.1, 0.15) is 4.88 Å². The molecule has 0 spiro atoms. The lowest BCUT2D eigenvalue weighted by atomic mass is 10.0. The van der Waals surface area contributed by atoms with Crippen molar-refractivity contribution >= 4 is 28.3 Å². The molecule has 0 radical (unpaired) electrons. The topological polar surface area (TPSA) is 68.3 Å². The summed E-state index contributed by atoms with van der Waals surface area (Å²) in [5, 5.41) is 3.21. The Bertz CT molecular complexity index is 996. The average Bonchev–Trinajstić information content (AvgIpc) is 3.09. The Morgan fingerprint density at radius 3 is 2.57 bits per heavy atom. The zero-order valence-corrected chi connectivity index (χ0v) is 16.9. The molecule has 3 aromatic rings. The summed E-state index contributed by atoms with van der Waals surface area (Å²) in [6.07, 6.45) is 0.252. The van der Waals surface area contributed by atoms with Crippen molar-refractivity contribution in [2.24, 2.45) is 0 Å². The smallest absolute Gasteiger partial charge is 0.350 e. The van der Waals surface area contributed by atoms with Gasteiger partial charge in [-0.25, -0.2) is 9.78 Å². The van der Waals surface area contributed by atoms with Gasteiger partial charge in [-0.1, -0.05) is 65.4 Å². The van der Waals surface area contributed by atoms with E-state index in [0.29, 0.717) is 15.7 Å². The Morgan fingerprint density at radius 2 is 1.86 bits per heavy atom. The molecule has 0 unspecified atom stereocenters. The highest BCUT2D eigenvalue weighted by Crippen LogP contribution is 2.32. The molecule has 0 saturated carbocycles. The maximum absolute atomic E-state index is 12.5. The predicted octanol–water partition coefficient (Wildman–Crippen LogP) is 4.78. The van der Waals surface area contributed by atoms with Gasteiger partial charge < -0.3 is 10.1 Å². The fourth-order valence-corrected chi connectivity index (χ4v) is 3.72. The standard InChI is InChI=1S/C22H22N2O3S/c1-4-27-21(26)20-19(16-8-6-5-7-9-16)24-22(28-20)23-18(25)13-17-12-14(2)10-11-15(17)3/h5-12H,4,13H2,1-3H3,(H,23,24,25). The van der Waals surface area contributed by atoms with E-state index in [1.165, 1.54) is 0 Å². The normalized spacial score (nSPS) is 10.5. The van der Waals surface area contributed by atoms with Crippen LogP contribution in [-0.2, 0) is 16.0 Å². The number of rotatable bonds is 6. The Balaban J connectivity index is 1.85. The highest BCUT2D eigenvalue weighted by molar-refractivity contribution is 7.18. The van der Waals surface area contributed by atoms with Gasteiger partial charge in [-0.2, -0.15) is 0 Å². The van der Waals surface area contributed by atoms with Gasteiger partial charge in [0.15, 0.2) is 5.13 Å². The van der Waals surface area contributed by atoms with E-state index in [0.717, 1.165) is 33.6 Å². The van der Waals surface area contributed by atoms with E-state index in [9.17, 15) is 9.59 Å². The lowest BCUT2D eigenvalue weighted by Gasteiger charge is -2.06. The number of aryl methyl sites for hydroxylation is 2. The molecule has 0 fully saturated rings. The Labute approximate surface area is 168 Å². The summed E-state index contributed by atoms with van der Waals surface area (Å²) in [6.45, 7) is 6.02. The molecular formula is C22H22N2O3S. The molecule has 0 aliphatic rings. The summed E-state index contributed by atoms with van der Waals surface area (Å²) in [6, 6.07) is 15.4. The number of aromatic nitrogens is 1. The first kappa shape index (κ1) is 19.8. The number of esters is 1. The molecule has 28 heavy (non-hydrogen) atoms. The molecule has 0 aliphatic carbocycles. The van der Waals surface area contributed by atoms with Crippen molar-refractivity contribution in [1.82, 2.24) is 4.98 Å². The van der Waals surface area contributed by atoms with Crippen molar-refractivity contribution in [2.75, 3.05) is 11.9 Å². The number of benzene rings is 2. The third kappa shape index (κ3) is 4.64. The molecule has 144 valence electrons. The number of ether oxygens (including phenoxy) is 1. The van der Waals surface area contributed by atoms with Crippen molar-refractivity contribution in [1.29, 1.82) is 0 Å². The molecule has 2 aromatic carbocycles.